The van der Waals surface area contributed by atoms with Gasteiger partial charge < -0.3 is 20.7 Å². The van der Waals surface area contributed by atoms with Crippen LogP contribution in [0.4, 0.5) is 11.4 Å². The quantitative estimate of drug-likeness (QED) is 0.799. The lowest BCUT2D eigenvalue weighted by molar-refractivity contribution is 0.0975. The van der Waals surface area contributed by atoms with Crippen molar-refractivity contribution in [1.29, 1.82) is 0 Å². The number of ether oxygens (including phenoxy) is 1. The third-order valence-electron chi connectivity index (χ3n) is 4.28. The Morgan fingerprint density at radius 3 is 2.72 bits per heavy atom. The molecule has 4 rings (SSSR count). The number of nitrogens with two attached hydrogens (primary N) is 1. The number of benzene rings is 1. The second-order valence-corrected chi connectivity index (χ2v) is 5.31. The van der Waals surface area contributed by atoms with Crippen molar-refractivity contribution in [3.05, 3.63) is 18.2 Å². The maximum atomic E-state index is 6.11. The highest BCUT2D eigenvalue weighted by Gasteiger charge is 2.34. The van der Waals surface area contributed by atoms with E-state index in [-0.39, 0.29) is 0 Å². The van der Waals surface area contributed by atoms with Crippen LogP contribution in [0.3, 0.4) is 0 Å². The van der Waals surface area contributed by atoms with Gasteiger partial charge in [0.2, 0.25) is 0 Å². The highest BCUT2D eigenvalue weighted by atomic mass is 16.5. The maximum absolute atomic E-state index is 6.11. The highest BCUT2D eigenvalue weighted by molar-refractivity contribution is 5.73. The van der Waals surface area contributed by atoms with Crippen LogP contribution in [0.25, 0.3) is 0 Å². The maximum Gasteiger partial charge on any atom is 0.143 e. The lowest BCUT2D eigenvalue weighted by atomic mass is 9.84. The summed E-state index contributed by atoms with van der Waals surface area (Å²) in [5.74, 6) is 1.54. The fraction of sp³-hybridized carbons (Fsp3) is 0.571. The molecule has 18 heavy (non-hydrogen) atoms. The van der Waals surface area contributed by atoms with Crippen molar-refractivity contribution in [2.75, 3.05) is 37.8 Å². The average molecular weight is 247 g/mol. The molecule has 4 heteroatoms. The number of anilines is 2. The molecule has 0 aromatic heterocycles. The van der Waals surface area contributed by atoms with Gasteiger partial charge in [-0.25, -0.2) is 0 Å². The third-order valence-corrected chi connectivity index (χ3v) is 4.28. The average Bonchev–Trinajstić information content (AvgIpc) is 2.42. The topological polar surface area (TPSA) is 50.5 Å². The number of nitrogens with zero attached hydrogens (tertiary/aromatic N) is 1. The number of hydrogen-bond acceptors (Lipinski definition) is 4. The zero-order chi connectivity index (χ0) is 12.5. The smallest absolute Gasteiger partial charge is 0.143 e. The Morgan fingerprint density at radius 1 is 1.33 bits per heavy atom. The van der Waals surface area contributed by atoms with Crippen LogP contribution in [0.2, 0.25) is 0 Å². The molecule has 0 amide bonds. The monoisotopic (exact) mass is 247 g/mol. The SMILES string of the molecule is COc1cccc(NC2CN3CCC2CC3)c1N. The Morgan fingerprint density at radius 2 is 2.11 bits per heavy atom. The van der Waals surface area contributed by atoms with Crippen LogP contribution in [0.1, 0.15) is 12.8 Å². The van der Waals surface area contributed by atoms with E-state index in [1.54, 1.807) is 7.11 Å². The van der Waals surface area contributed by atoms with Gasteiger partial charge in [0, 0.05) is 12.6 Å². The van der Waals surface area contributed by atoms with Crippen LogP contribution >= 0.6 is 0 Å². The van der Waals surface area contributed by atoms with Crippen molar-refractivity contribution in [1.82, 2.24) is 4.90 Å². The number of piperidine rings is 3. The summed E-state index contributed by atoms with van der Waals surface area (Å²) in [6.07, 6.45) is 2.61. The van der Waals surface area contributed by atoms with E-state index in [2.05, 4.69) is 10.2 Å². The molecule has 3 N–H and O–H groups in total. The van der Waals surface area contributed by atoms with Gasteiger partial charge in [-0.3, -0.25) is 0 Å². The molecule has 3 heterocycles. The third kappa shape index (κ3) is 2.01. The van der Waals surface area contributed by atoms with E-state index < -0.39 is 0 Å². The van der Waals surface area contributed by atoms with Gasteiger partial charge >= 0.3 is 0 Å². The highest BCUT2D eigenvalue weighted by Crippen LogP contribution is 2.34. The van der Waals surface area contributed by atoms with Crippen LogP contribution in [0.15, 0.2) is 18.2 Å². The van der Waals surface area contributed by atoms with E-state index in [1.165, 1.54) is 25.9 Å². The molecule has 1 unspecified atom stereocenters. The summed E-state index contributed by atoms with van der Waals surface area (Å²) in [4.78, 5) is 2.54. The van der Waals surface area contributed by atoms with Crippen molar-refractivity contribution in [3.8, 4) is 5.75 Å². The number of para-hydroxylation sites is 1. The summed E-state index contributed by atoms with van der Waals surface area (Å²) in [6, 6.07) is 6.45. The van der Waals surface area contributed by atoms with Gasteiger partial charge in [-0.2, -0.15) is 0 Å². The molecule has 2 bridgehead atoms. The second kappa shape index (κ2) is 4.69. The predicted molar refractivity (Wildman–Crippen MR) is 74.0 cm³/mol. The molecule has 0 radical (unpaired) electrons. The number of fused-ring (bicyclic) bond motifs is 3. The molecule has 0 aliphatic carbocycles. The first-order valence-corrected chi connectivity index (χ1v) is 6.69. The van der Waals surface area contributed by atoms with Gasteiger partial charge in [0.1, 0.15) is 5.75 Å². The summed E-state index contributed by atoms with van der Waals surface area (Å²) in [5, 5.41) is 3.61. The zero-order valence-electron chi connectivity index (χ0n) is 10.9. The van der Waals surface area contributed by atoms with Crippen molar-refractivity contribution < 1.29 is 4.74 Å². The van der Waals surface area contributed by atoms with Gasteiger partial charge in [0.05, 0.1) is 18.5 Å². The minimum atomic E-state index is 0.530. The van der Waals surface area contributed by atoms with Crippen molar-refractivity contribution in [2.24, 2.45) is 5.92 Å². The zero-order valence-corrected chi connectivity index (χ0v) is 10.9. The number of rotatable bonds is 3. The molecule has 0 saturated carbocycles. The predicted octanol–water partition coefficient (Wildman–Crippen LogP) is 1.78. The Kier molecular flexibility index (Phi) is 3.04. The van der Waals surface area contributed by atoms with Gasteiger partial charge in [0.15, 0.2) is 0 Å². The Labute approximate surface area is 108 Å². The molecule has 3 fully saturated rings. The summed E-state index contributed by atoms with van der Waals surface area (Å²) in [5.41, 5.74) is 7.83. The lowest BCUT2D eigenvalue weighted by Crippen LogP contribution is -2.53. The summed E-state index contributed by atoms with van der Waals surface area (Å²) >= 11 is 0. The van der Waals surface area contributed by atoms with E-state index in [0.29, 0.717) is 6.04 Å². The van der Waals surface area contributed by atoms with Gasteiger partial charge in [0.25, 0.3) is 0 Å². The minimum absolute atomic E-state index is 0.530. The summed E-state index contributed by atoms with van der Waals surface area (Å²) in [6.45, 7) is 3.66. The first kappa shape index (κ1) is 11.7. The molecule has 3 aliphatic rings. The fourth-order valence-corrected chi connectivity index (χ4v) is 3.18. The number of nitrogens with one attached hydrogen (secondary N) is 1. The van der Waals surface area contributed by atoms with Gasteiger partial charge in [-0.1, -0.05) is 6.07 Å². The number of nitrogen functional groups attached to an aromatic ring is 1. The first-order valence-electron chi connectivity index (χ1n) is 6.69. The van der Waals surface area contributed by atoms with E-state index in [0.717, 1.165) is 29.6 Å². The van der Waals surface area contributed by atoms with E-state index in [1.807, 2.05) is 18.2 Å². The van der Waals surface area contributed by atoms with Crippen molar-refractivity contribution in [3.63, 3.8) is 0 Å². The van der Waals surface area contributed by atoms with Gasteiger partial charge in [-0.05, 0) is 44.0 Å². The lowest BCUT2D eigenvalue weighted by Gasteiger charge is -2.45. The Hall–Kier alpha value is -1.42. The van der Waals surface area contributed by atoms with Crippen LogP contribution in [0, 0.1) is 5.92 Å². The van der Waals surface area contributed by atoms with E-state index in [4.69, 9.17) is 10.5 Å². The minimum Gasteiger partial charge on any atom is -0.495 e. The van der Waals surface area contributed by atoms with Crippen LogP contribution in [-0.4, -0.2) is 37.7 Å². The van der Waals surface area contributed by atoms with Crippen LogP contribution in [-0.2, 0) is 0 Å². The Balaban J connectivity index is 1.76. The molecule has 1 atom stereocenters. The molecule has 1 aromatic rings. The van der Waals surface area contributed by atoms with E-state index >= 15 is 0 Å². The van der Waals surface area contributed by atoms with Crippen molar-refractivity contribution >= 4 is 11.4 Å². The molecule has 98 valence electrons. The summed E-state index contributed by atoms with van der Waals surface area (Å²) in [7, 11) is 1.66. The van der Waals surface area contributed by atoms with E-state index in [9.17, 15) is 0 Å². The largest absolute Gasteiger partial charge is 0.495 e. The molecular formula is C14H21N3O. The molecular weight excluding hydrogens is 226 g/mol. The fourth-order valence-electron chi connectivity index (χ4n) is 3.18. The normalized spacial score (nSPS) is 30.2. The summed E-state index contributed by atoms with van der Waals surface area (Å²) < 4.78 is 5.26. The van der Waals surface area contributed by atoms with Crippen molar-refractivity contribution in [2.45, 2.75) is 18.9 Å². The molecule has 1 aromatic carbocycles. The standard InChI is InChI=1S/C14H21N3O/c1-18-13-4-2-3-11(14(13)15)16-12-9-17-7-5-10(12)6-8-17/h2-4,10,12,16H,5-9,15H2,1H3. The van der Waals surface area contributed by atoms with Crippen LogP contribution in [0.5, 0.6) is 5.75 Å². The first-order chi connectivity index (χ1) is 8.78. The molecule has 3 saturated heterocycles. The molecule has 3 aliphatic heterocycles. The number of hydrogen-bond donors (Lipinski definition) is 2. The molecule has 4 nitrogen and oxygen atoms in total. The Bertz CT molecular complexity index is 427. The van der Waals surface area contributed by atoms with Crippen LogP contribution < -0.4 is 15.8 Å². The van der Waals surface area contributed by atoms with Gasteiger partial charge in [-0.15, -0.1) is 0 Å². The molecule has 0 spiro atoms. The number of methoxy groups -OCH3 is 1. The second-order valence-electron chi connectivity index (χ2n) is 5.31.